The van der Waals surface area contributed by atoms with Crippen LogP contribution >= 0.6 is 22.7 Å². The van der Waals surface area contributed by atoms with Crippen LogP contribution in [0.25, 0.3) is 0 Å². The Morgan fingerprint density at radius 1 is 1.03 bits per heavy atom. The van der Waals surface area contributed by atoms with E-state index in [1.807, 2.05) is 35.0 Å². The molecule has 0 spiro atoms. The third-order valence-corrected chi connectivity index (χ3v) is 7.33. The zero-order valence-corrected chi connectivity index (χ0v) is 18.8. The molecule has 1 aromatic carbocycles. The predicted octanol–water partition coefficient (Wildman–Crippen LogP) is 5.71. The topological polar surface area (TPSA) is 49.4 Å². The lowest BCUT2D eigenvalue weighted by Gasteiger charge is -2.32. The van der Waals surface area contributed by atoms with Gasteiger partial charge in [-0.3, -0.25) is 14.5 Å². The molecule has 1 N–H and O–H groups in total. The van der Waals surface area contributed by atoms with Gasteiger partial charge in [-0.2, -0.15) is 0 Å². The minimum absolute atomic E-state index is 0.116. The highest BCUT2D eigenvalue weighted by Gasteiger charge is 2.35. The maximum Gasteiger partial charge on any atom is 0.248 e. The number of hydrogen-bond donors (Lipinski definition) is 1. The highest BCUT2D eigenvalue weighted by atomic mass is 32.1. The van der Waals surface area contributed by atoms with E-state index in [2.05, 4.69) is 5.32 Å². The molecule has 0 saturated heterocycles. The molecular weight excluding hydrogens is 431 g/mol. The molecular formula is C24H25FN2O2S2. The van der Waals surface area contributed by atoms with Crippen LogP contribution in [0.4, 0.5) is 10.1 Å². The number of nitrogens with one attached hydrogen (secondary N) is 1. The van der Waals surface area contributed by atoms with Crippen LogP contribution in [-0.2, 0) is 16.0 Å². The molecule has 1 fully saturated rings. The van der Waals surface area contributed by atoms with Crippen LogP contribution in [0.5, 0.6) is 0 Å². The van der Waals surface area contributed by atoms with E-state index in [1.54, 1.807) is 12.1 Å². The summed E-state index contributed by atoms with van der Waals surface area (Å²) in [7, 11) is 0. The standard InChI is InChI=1S/C24H25FN2O2S2/c25-17-7-4-10-19(15-17)27(22(28)16-20-11-5-13-30-20)23(21-12-6-14-31-21)24(29)26-18-8-2-1-3-9-18/h4-7,10-15,18,23H,1-3,8-9,16H2,(H,26,29)/t23-/m1/s1. The molecule has 1 aliphatic carbocycles. The molecule has 7 heteroatoms. The fraction of sp³-hybridized carbons (Fsp3) is 0.333. The molecule has 2 aromatic heterocycles. The van der Waals surface area contributed by atoms with Crippen LogP contribution < -0.4 is 10.2 Å². The number of halogens is 1. The molecule has 1 atom stereocenters. The first kappa shape index (κ1) is 21.7. The zero-order chi connectivity index (χ0) is 21.6. The Hall–Kier alpha value is -2.51. The maximum absolute atomic E-state index is 14.1. The molecule has 0 unspecified atom stereocenters. The van der Waals surface area contributed by atoms with E-state index in [0.29, 0.717) is 5.69 Å². The highest BCUT2D eigenvalue weighted by molar-refractivity contribution is 7.10. The summed E-state index contributed by atoms with van der Waals surface area (Å²) >= 11 is 2.92. The number of thiophene rings is 2. The van der Waals surface area contributed by atoms with Gasteiger partial charge in [-0.25, -0.2) is 4.39 Å². The van der Waals surface area contributed by atoms with Gasteiger partial charge in [0.2, 0.25) is 11.8 Å². The van der Waals surface area contributed by atoms with Crippen molar-refractivity contribution in [3.8, 4) is 0 Å². The van der Waals surface area contributed by atoms with E-state index >= 15 is 0 Å². The van der Waals surface area contributed by atoms with Crippen LogP contribution in [0, 0.1) is 5.82 Å². The fourth-order valence-electron chi connectivity index (χ4n) is 4.06. The minimum Gasteiger partial charge on any atom is -0.351 e. The van der Waals surface area contributed by atoms with E-state index in [9.17, 15) is 14.0 Å². The average Bonchev–Trinajstić information content (AvgIpc) is 3.47. The molecule has 2 heterocycles. The van der Waals surface area contributed by atoms with Gasteiger partial charge >= 0.3 is 0 Å². The van der Waals surface area contributed by atoms with E-state index in [1.165, 1.54) is 46.1 Å². The van der Waals surface area contributed by atoms with Crippen molar-refractivity contribution in [1.82, 2.24) is 5.32 Å². The number of nitrogens with zero attached hydrogens (tertiary/aromatic N) is 1. The van der Waals surface area contributed by atoms with Crippen LogP contribution in [0.3, 0.4) is 0 Å². The highest BCUT2D eigenvalue weighted by Crippen LogP contribution is 2.32. The molecule has 1 saturated carbocycles. The van der Waals surface area contributed by atoms with Gasteiger partial charge in [0.05, 0.1) is 6.42 Å². The molecule has 162 valence electrons. The summed E-state index contributed by atoms with van der Waals surface area (Å²) in [5.41, 5.74) is 0.388. The Morgan fingerprint density at radius 3 is 2.48 bits per heavy atom. The molecule has 0 bridgehead atoms. The van der Waals surface area contributed by atoms with Crippen molar-refractivity contribution >= 4 is 40.2 Å². The van der Waals surface area contributed by atoms with Gasteiger partial charge in [0.1, 0.15) is 11.9 Å². The predicted molar refractivity (Wildman–Crippen MR) is 124 cm³/mol. The number of carbonyl (C=O) groups excluding carboxylic acids is 2. The summed E-state index contributed by atoms with van der Waals surface area (Å²) in [6.07, 6.45) is 5.44. The molecule has 0 aliphatic heterocycles. The molecule has 3 aromatic rings. The second-order valence-corrected chi connectivity index (χ2v) is 9.77. The van der Waals surface area contributed by atoms with Gasteiger partial charge in [0.15, 0.2) is 0 Å². The first-order valence-electron chi connectivity index (χ1n) is 10.6. The van der Waals surface area contributed by atoms with Crippen molar-refractivity contribution in [3.63, 3.8) is 0 Å². The van der Waals surface area contributed by atoms with Crippen LogP contribution in [0.2, 0.25) is 0 Å². The molecule has 0 radical (unpaired) electrons. The molecule has 1 aliphatic rings. The van der Waals surface area contributed by atoms with Crippen molar-refractivity contribution in [2.45, 2.75) is 50.6 Å². The Bertz CT molecular complexity index is 999. The summed E-state index contributed by atoms with van der Waals surface area (Å²) in [6.45, 7) is 0. The van der Waals surface area contributed by atoms with E-state index < -0.39 is 11.9 Å². The number of carbonyl (C=O) groups is 2. The van der Waals surface area contributed by atoms with Gasteiger partial charge in [0.25, 0.3) is 0 Å². The minimum atomic E-state index is -0.837. The van der Waals surface area contributed by atoms with Crippen molar-refractivity contribution in [2.24, 2.45) is 0 Å². The van der Waals surface area contributed by atoms with Gasteiger partial charge in [-0.15, -0.1) is 22.7 Å². The lowest BCUT2D eigenvalue weighted by Crippen LogP contribution is -2.47. The van der Waals surface area contributed by atoms with Crippen molar-refractivity contribution < 1.29 is 14.0 Å². The second-order valence-electron chi connectivity index (χ2n) is 7.76. The number of hydrogen-bond acceptors (Lipinski definition) is 4. The summed E-state index contributed by atoms with van der Waals surface area (Å²) in [4.78, 5) is 30.2. The normalized spacial score (nSPS) is 15.4. The number of benzene rings is 1. The van der Waals surface area contributed by atoms with Gasteiger partial charge in [-0.05, 0) is 53.9 Å². The summed E-state index contributed by atoms with van der Waals surface area (Å²) in [5.74, 6) is -0.882. The van der Waals surface area contributed by atoms with Crippen LogP contribution in [0.15, 0.2) is 59.3 Å². The Labute approximate surface area is 189 Å². The van der Waals surface area contributed by atoms with Gasteiger partial charge < -0.3 is 5.32 Å². The third-order valence-electron chi connectivity index (χ3n) is 5.53. The Kier molecular flexibility index (Phi) is 7.14. The van der Waals surface area contributed by atoms with Crippen molar-refractivity contribution in [2.75, 3.05) is 4.90 Å². The van der Waals surface area contributed by atoms with E-state index in [-0.39, 0.29) is 24.3 Å². The first-order valence-corrected chi connectivity index (χ1v) is 12.3. The Morgan fingerprint density at radius 2 is 1.81 bits per heavy atom. The second kappa shape index (κ2) is 10.2. The molecule has 4 nitrogen and oxygen atoms in total. The smallest absolute Gasteiger partial charge is 0.248 e. The SMILES string of the molecule is O=C(NC1CCCCC1)[C@@H](c1cccs1)N(C(=O)Cc1cccs1)c1cccc(F)c1. The largest absolute Gasteiger partial charge is 0.351 e. The zero-order valence-electron chi connectivity index (χ0n) is 17.1. The quantitative estimate of drug-likeness (QED) is 0.495. The van der Waals surface area contributed by atoms with E-state index in [4.69, 9.17) is 0 Å². The molecule has 31 heavy (non-hydrogen) atoms. The summed E-state index contributed by atoms with van der Waals surface area (Å²) in [6, 6.07) is 12.7. The Balaban J connectivity index is 1.70. The van der Waals surface area contributed by atoms with E-state index in [0.717, 1.165) is 35.4 Å². The van der Waals surface area contributed by atoms with Crippen molar-refractivity contribution in [3.05, 3.63) is 74.9 Å². The van der Waals surface area contributed by atoms with Crippen LogP contribution in [-0.4, -0.2) is 17.9 Å². The molecule has 4 rings (SSSR count). The number of rotatable bonds is 7. The van der Waals surface area contributed by atoms with Gasteiger partial charge in [-0.1, -0.05) is 37.5 Å². The first-order chi connectivity index (χ1) is 15.1. The average molecular weight is 457 g/mol. The fourth-order valence-corrected chi connectivity index (χ4v) is 5.57. The number of amides is 2. The maximum atomic E-state index is 14.1. The monoisotopic (exact) mass is 456 g/mol. The third kappa shape index (κ3) is 5.40. The summed E-state index contributed by atoms with van der Waals surface area (Å²) < 4.78 is 14.1. The number of anilines is 1. The lowest BCUT2D eigenvalue weighted by atomic mass is 9.95. The van der Waals surface area contributed by atoms with Crippen molar-refractivity contribution in [1.29, 1.82) is 0 Å². The molecule has 2 amide bonds. The van der Waals surface area contributed by atoms with Gasteiger partial charge in [0, 0.05) is 21.5 Å². The van der Waals surface area contributed by atoms with Crippen LogP contribution in [0.1, 0.15) is 47.9 Å². The summed E-state index contributed by atoms with van der Waals surface area (Å²) in [5, 5.41) is 6.98. The lowest BCUT2D eigenvalue weighted by molar-refractivity contribution is -0.127.